The molecule has 0 aromatic heterocycles. The van der Waals surface area contributed by atoms with Crippen LogP contribution in [0.25, 0.3) is 0 Å². The topological polar surface area (TPSA) is 41.1 Å². The Balaban J connectivity index is 2.15. The molecule has 0 fully saturated rings. The SMILES string of the molecule is CC(C)C(C)Nc1ccc2c(c1)NC(=O)CS2. The van der Waals surface area contributed by atoms with Gasteiger partial charge in [0.1, 0.15) is 0 Å². The Kier molecular flexibility index (Phi) is 3.62. The first-order chi connectivity index (χ1) is 8.06. The van der Waals surface area contributed by atoms with Crippen LogP contribution in [0.5, 0.6) is 0 Å². The predicted octanol–water partition coefficient (Wildman–Crippen LogP) is 3.19. The van der Waals surface area contributed by atoms with Crippen LogP contribution in [-0.2, 0) is 4.79 Å². The molecule has 1 aromatic rings. The summed E-state index contributed by atoms with van der Waals surface area (Å²) >= 11 is 1.59. The maximum atomic E-state index is 11.3. The molecule has 0 spiro atoms. The molecule has 0 saturated heterocycles. The van der Waals surface area contributed by atoms with Crippen LogP contribution >= 0.6 is 11.8 Å². The summed E-state index contributed by atoms with van der Waals surface area (Å²) in [6.45, 7) is 6.54. The van der Waals surface area contributed by atoms with Crippen molar-refractivity contribution in [2.45, 2.75) is 31.7 Å². The van der Waals surface area contributed by atoms with Crippen LogP contribution in [0.4, 0.5) is 11.4 Å². The van der Waals surface area contributed by atoms with Crippen molar-refractivity contribution in [3.8, 4) is 0 Å². The Morgan fingerprint density at radius 1 is 1.35 bits per heavy atom. The number of carbonyl (C=O) groups is 1. The van der Waals surface area contributed by atoms with E-state index in [1.54, 1.807) is 11.8 Å². The van der Waals surface area contributed by atoms with Gasteiger partial charge in [-0.2, -0.15) is 0 Å². The quantitative estimate of drug-likeness (QED) is 0.865. The molecule has 3 nitrogen and oxygen atoms in total. The molecule has 1 atom stereocenters. The van der Waals surface area contributed by atoms with E-state index >= 15 is 0 Å². The Bertz CT molecular complexity index is 431. The number of rotatable bonds is 3. The van der Waals surface area contributed by atoms with E-state index in [1.165, 1.54) is 0 Å². The standard InChI is InChI=1S/C13H18N2OS/c1-8(2)9(3)14-10-4-5-12-11(6-10)15-13(16)7-17-12/h4-6,8-9,14H,7H2,1-3H3,(H,15,16). The van der Waals surface area contributed by atoms with Crippen LogP contribution in [0.3, 0.4) is 0 Å². The summed E-state index contributed by atoms with van der Waals surface area (Å²) in [5.74, 6) is 1.17. The summed E-state index contributed by atoms with van der Waals surface area (Å²) in [5, 5.41) is 6.35. The number of benzene rings is 1. The van der Waals surface area contributed by atoms with Crippen molar-refractivity contribution in [1.82, 2.24) is 0 Å². The summed E-state index contributed by atoms with van der Waals surface area (Å²) in [7, 11) is 0. The van der Waals surface area contributed by atoms with E-state index in [9.17, 15) is 4.79 Å². The number of hydrogen-bond acceptors (Lipinski definition) is 3. The lowest BCUT2D eigenvalue weighted by atomic mass is 10.1. The number of thioether (sulfide) groups is 1. The molecular formula is C13H18N2OS. The zero-order chi connectivity index (χ0) is 12.4. The van der Waals surface area contributed by atoms with Crippen LogP contribution < -0.4 is 10.6 Å². The lowest BCUT2D eigenvalue weighted by molar-refractivity contribution is -0.113. The highest BCUT2D eigenvalue weighted by molar-refractivity contribution is 8.00. The second-order valence-corrected chi connectivity index (χ2v) is 5.74. The van der Waals surface area contributed by atoms with E-state index in [1.807, 2.05) is 6.07 Å². The molecule has 1 heterocycles. The number of nitrogens with one attached hydrogen (secondary N) is 2. The summed E-state index contributed by atoms with van der Waals surface area (Å²) in [5.41, 5.74) is 1.99. The van der Waals surface area contributed by atoms with E-state index in [0.717, 1.165) is 16.3 Å². The van der Waals surface area contributed by atoms with E-state index in [4.69, 9.17) is 0 Å². The minimum absolute atomic E-state index is 0.0801. The van der Waals surface area contributed by atoms with Crippen LogP contribution in [0, 0.1) is 5.92 Å². The van der Waals surface area contributed by atoms with Crippen molar-refractivity contribution >= 4 is 29.0 Å². The first-order valence-electron chi connectivity index (χ1n) is 5.89. The Hall–Kier alpha value is -1.16. The van der Waals surface area contributed by atoms with Gasteiger partial charge < -0.3 is 10.6 Å². The van der Waals surface area contributed by atoms with Gasteiger partial charge in [-0.05, 0) is 31.0 Å². The molecule has 1 amide bonds. The summed E-state index contributed by atoms with van der Waals surface area (Å²) in [6, 6.07) is 6.56. The number of carbonyl (C=O) groups excluding carboxylic acids is 1. The fraction of sp³-hybridized carbons (Fsp3) is 0.462. The normalized spacial score (nSPS) is 16.4. The monoisotopic (exact) mass is 250 g/mol. The first-order valence-corrected chi connectivity index (χ1v) is 6.88. The number of fused-ring (bicyclic) bond motifs is 1. The molecule has 0 radical (unpaired) electrons. The molecule has 2 N–H and O–H groups in total. The van der Waals surface area contributed by atoms with Crippen molar-refractivity contribution in [2.75, 3.05) is 16.4 Å². The summed E-state index contributed by atoms with van der Waals surface area (Å²) in [6.07, 6.45) is 0. The molecule has 0 aliphatic carbocycles. The third kappa shape index (κ3) is 2.94. The van der Waals surface area contributed by atoms with Gasteiger partial charge in [-0.1, -0.05) is 13.8 Å². The van der Waals surface area contributed by atoms with Crippen molar-refractivity contribution in [1.29, 1.82) is 0 Å². The molecule has 1 unspecified atom stereocenters. The van der Waals surface area contributed by atoms with Crippen LogP contribution in [0.15, 0.2) is 23.1 Å². The maximum Gasteiger partial charge on any atom is 0.234 e. The second-order valence-electron chi connectivity index (χ2n) is 4.72. The van der Waals surface area contributed by atoms with Gasteiger partial charge in [-0.3, -0.25) is 4.79 Å². The van der Waals surface area contributed by atoms with Gasteiger partial charge in [-0.25, -0.2) is 0 Å². The highest BCUT2D eigenvalue weighted by Gasteiger charge is 2.16. The highest BCUT2D eigenvalue weighted by atomic mass is 32.2. The van der Waals surface area contributed by atoms with E-state index in [2.05, 4.69) is 43.5 Å². The Labute approximate surface area is 106 Å². The number of hydrogen-bond donors (Lipinski definition) is 2. The average Bonchev–Trinajstić information content (AvgIpc) is 2.28. The first kappa shape index (κ1) is 12.3. The molecule has 2 rings (SSSR count). The van der Waals surface area contributed by atoms with Crippen molar-refractivity contribution in [3.63, 3.8) is 0 Å². The minimum Gasteiger partial charge on any atom is -0.382 e. The molecule has 1 aliphatic heterocycles. The zero-order valence-electron chi connectivity index (χ0n) is 10.4. The summed E-state index contributed by atoms with van der Waals surface area (Å²) < 4.78 is 0. The number of anilines is 2. The van der Waals surface area contributed by atoms with Gasteiger partial charge in [0.2, 0.25) is 5.91 Å². The zero-order valence-corrected chi connectivity index (χ0v) is 11.2. The molecule has 0 saturated carbocycles. The van der Waals surface area contributed by atoms with Gasteiger partial charge in [0.05, 0.1) is 11.4 Å². The lowest BCUT2D eigenvalue weighted by Crippen LogP contribution is -2.22. The predicted molar refractivity (Wildman–Crippen MR) is 73.7 cm³/mol. The molecule has 4 heteroatoms. The van der Waals surface area contributed by atoms with Gasteiger partial charge >= 0.3 is 0 Å². The van der Waals surface area contributed by atoms with E-state index in [0.29, 0.717) is 17.7 Å². The molecule has 17 heavy (non-hydrogen) atoms. The van der Waals surface area contributed by atoms with E-state index in [-0.39, 0.29) is 5.91 Å². The summed E-state index contributed by atoms with van der Waals surface area (Å²) in [4.78, 5) is 12.5. The van der Waals surface area contributed by atoms with Crippen LogP contribution in [-0.4, -0.2) is 17.7 Å². The fourth-order valence-electron chi connectivity index (χ4n) is 1.60. The van der Waals surface area contributed by atoms with Gasteiger partial charge in [0.15, 0.2) is 0 Å². The Morgan fingerprint density at radius 2 is 2.12 bits per heavy atom. The maximum absolute atomic E-state index is 11.3. The minimum atomic E-state index is 0.0801. The fourth-order valence-corrected chi connectivity index (χ4v) is 2.39. The molecular weight excluding hydrogens is 232 g/mol. The van der Waals surface area contributed by atoms with Crippen molar-refractivity contribution in [2.24, 2.45) is 5.92 Å². The van der Waals surface area contributed by atoms with Crippen LogP contribution in [0.1, 0.15) is 20.8 Å². The highest BCUT2D eigenvalue weighted by Crippen LogP contribution is 2.33. The average molecular weight is 250 g/mol. The molecule has 1 aromatic carbocycles. The van der Waals surface area contributed by atoms with Crippen molar-refractivity contribution < 1.29 is 4.79 Å². The number of amides is 1. The van der Waals surface area contributed by atoms with Gasteiger partial charge in [0.25, 0.3) is 0 Å². The lowest BCUT2D eigenvalue weighted by Gasteiger charge is -2.21. The Morgan fingerprint density at radius 3 is 2.82 bits per heavy atom. The second kappa shape index (κ2) is 5.00. The third-order valence-electron chi connectivity index (χ3n) is 3.01. The molecule has 0 bridgehead atoms. The largest absolute Gasteiger partial charge is 0.382 e. The molecule has 1 aliphatic rings. The molecule has 92 valence electrons. The smallest absolute Gasteiger partial charge is 0.234 e. The van der Waals surface area contributed by atoms with Crippen LogP contribution in [0.2, 0.25) is 0 Å². The van der Waals surface area contributed by atoms with E-state index < -0.39 is 0 Å². The van der Waals surface area contributed by atoms with Gasteiger partial charge in [-0.15, -0.1) is 11.8 Å². The van der Waals surface area contributed by atoms with Gasteiger partial charge in [0, 0.05) is 16.6 Å². The third-order valence-corrected chi connectivity index (χ3v) is 4.08. The van der Waals surface area contributed by atoms with Crippen molar-refractivity contribution in [3.05, 3.63) is 18.2 Å².